The van der Waals surface area contributed by atoms with Gasteiger partial charge in [0.1, 0.15) is 0 Å². The SMILES string of the molecule is NC(N)=NNCCc1ccccc1Cl. The van der Waals surface area contributed by atoms with E-state index in [1.807, 2.05) is 24.3 Å². The molecule has 1 aromatic carbocycles. The van der Waals surface area contributed by atoms with E-state index in [1.165, 1.54) is 0 Å². The van der Waals surface area contributed by atoms with Crippen LogP contribution in [-0.4, -0.2) is 12.5 Å². The van der Waals surface area contributed by atoms with Crippen molar-refractivity contribution in [2.45, 2.75) is 6.42 Å². The molecule has 4 nitrogen and oxygen atoms in total. The Bertz CT molecular complexity index is 320. The summed E-state index contributed by atoms with van der Waals surface area (Å²) < 4.78 is 0. The molecule has 5 heteroatoms. The first-order valence-electron chi connectivity index (χ1n) is 4.25. The molecule has 0 amide bonds. The summed E-state index contributed by atoms with van der Waals surface area (Å²) in [5.74, 6) is 0.0316. The second kappa shape index (κ2) is 5.34. The number of hydrogen-bond donors (Lipinski definition) is 3. The van der Waals surface area contributed by atoms with Gasteiger partial charge in [-0.05, 0) is 18.1 Å². The van der Waals surface area contributed by atoms with Crippen molar-refractivity contribution in [2.24, 2.45) is 16.6 Å². The van der Waals surface area contributed by atoms with Crippen LogP contribution >= 0.6 is 11.6 Å². The first-order valence-corrected chi connectivity index (χ1v) is 4.63. The number of rotatable bonds is 4. The molecule has 0 atom stereocenters. The molecule has 5 N–H and O–H groups in total. The number of hydrogen-bond acceptors (Lipinski definition) is 2. The number of halogens is 1. The zero-order chi connectivity index (χ0) is 10.4. The molecule has 1 aromatic rings. The molecule has 0 bridgehead atoms. The molecule has 14 heavy (non-hydrogen) atoms. The zero-order valence-electron chi connectivity index (χ0n) is 7.70. The third kappa shape index (κ3) is 3.53. The molecular formula is C9H13ClN4. The van der Waals surface area contributed by atoms with Crippen LogP contribution in [0, 0.1) is 0 Å². The van der Waals surface area contributed by atoms with E-state index in [2.05, 4.69) is 10.5 Å². The number of nitrogens with two attached hydrogens (primary N) is 2. The second-order valence-electron chi connectivity index (χ2n) is 2.79. The molecule has 0 aliphatic rings. The van der Waals surface area contributed by atoms with Crippen LogP contribution < -0.4 is 16.9 Å². The van der Waals surface area contributed by atoms with Gasteiger partial charge in [0, 0.05) is 11.6 Å². The maximum atomic E-state index is 5.95. The van der Waals surface area contributed by atoms with E-state index in [0.29, 0.717) is 6.54 Å². The van der Waals surface area contributed by atoms with Gasteiger partial charge in [0.25, 0.3) is 0 Å². The van der Waals surface area contributed by atoms with Crippen LogP contribution in [0.15, 0.2) is 29.4 Å². The summed E-state index contributed by atoms with van der Waals surface area (Å²) in [6.07, 6.45) is 0.788. The monoisotopic (exact) mass is 212 g/mol. The Hall–Kier alpha value is -1.42. The van der Waals surface area contributed by atoms with Gasteiger partial charge in [0.05, 0.1) is 0 Å². The summed E-state index contributed by atoms with van der Waals surface area (Å²) in [7, 11) is 0. The molecule has 0 aromatic heterocycles. The third-order valence-electron chi connectivity index (χ3n) is 1.67. The first kappa shape index (κ1) is 10.7. The summed E-state index contributed by atoms with van der Waals surface area (Å²) in [6, 6.07) is 7.67. The van der Waals surface area contributed by atoms with Crippen molar-refractivity contribution in [1.82, 2.24) is 5.43 Å². The van der Waals surface area contributed by atoms with Gasteiger partial charge >= 0.3 is 0 Å². The van der Waals surface area contributed by atoms with E-state index in [-0.39, 0.29) is 5.96 Å². The standard InChI is InChI=1S/C9H13ClN4/c10-8-4-2-1-3-7(8)5-6-13-14-9(11)12/h1-4,13H,5-6H2,(H4,11,12,14). The van der Waals surface area contributed by atoms with Gasteiger partial charge in [-0.1, -0.05) is 29.8 Å². The van der Waals surface area contributed by atoms with Gasteiger partial charge in [-0.25, -0.2) is 0 Å². The normalized spacial score (nSPS) is 9.50. The minimum Gasteiger partial charge on any atom is -0.369 e. The van der Waals surface area contributed by atoms with Crippen LogP contribution in [0.1, 0.15) is 5.56 Å². The largest absolute Gasteiger partial charge is 0.369 e. The van der Waals surface area contributed by atoms with Gasteiger partial charge in [-0.15, -0.1) is 5.10 Å². The Balaban J connectivity index is 2.39. The molecule has 0 fully saturated rings. The highest BCUT2D eigenvalue weighted by atomic mass is 35.5. The summed E-state index contributed by atoms with van der Waals surface area (Å²) >= 11 is 5.95. The number of hydrazone groups is 1. The van der Waals surface area contributed by atoms with Crippen LogP contribution in [0.5, 0.6) is 0 Å². The first-order chi connectivity index (χ1) is 6.70. The fourth-order valence-corrected chi connectivity index (χ4v) is 1.27. The van der Waals surface area contributed by atoms with Crippen LogP contribution in [0.3, 0.4) is 0 Å². The highest BCUT2D eigenvalue weighted by Gasteiger charge is 1.96. The molecule has 0 spiro atoms. The molecule has 0 aliphatic carbocycles. The molecule has 76 valence electrons. The van der Waals surface area contributed by atoms with Crippen molar-refractivity contribution >= 4 is 17.6 Å². The lowest BCUT2D eigenvalue weighted by molar-refractivity contribution is 0.728. The number of nitrogens with one attached hydrogen (secondary N) is 1. The summed E-state index contributed by atoms with van der Waals surface area (Å²) in [6.45, 7) is 0.654. The lowest BCUT2D eigenvalue weighted by Gasteiger charge is -2.03. The Morgan fingerprint density at radius 3 is 2.71 bits per heavy atom. The zero-order valence-corrected chi connectivity index (χ0v) is 8.46. The van der Waals surface area contributed by atoms with E-state index in [9.17, 15) is 0 Å². The maximum absolute atomic E-state index is 5.95. The fraction of sp³-hybridized carbons (Fsp3) is 0.222. The van der Waals surface area contributed by atoms with Gasteiger partial charge in [-0.3, -0.25) is 0 Å². The lowest BCUT2D eigenvalue weighted by atomic mass is 10.1. The van der Waals surface area contributed by atoms with Gasteiger partial charge in [0.2, 0.25) is 5.96 Å². The van der Waals surface area contributed by atoms with E-state index in [4.69, 9.17) is 23.1 Å². The minimum absolute atomic E-state index is 0.0316. The quantitative estimate of drug-likeness (QED) is 0.297. The Morgan fingerprint density at radius 2 is 2.07 bits per heavy atom. The predicted octanol–water partition coefficient (Wildman–Crippen LogP) is 0.661. The Morgan fingerprint density at radius 1 is 1.36 bits per heavy atom. The van der Waals surface area contributed by atoms with Crippen LogP contribution in [0.4, 0.5) is 0 Å². The number of nitrogens with zero attached hydrogens (tertiary/aromatic N) is 1. The molecule has 0 unspecified atom stereocenters. The minimum atomic E-state index is 0.0316. The fourth-order valence-electron chi connectivity index (χ4n) is 1.04. The summed E-state index contributed by atoms with van der Waals surface area (Å²) in [5, 5.41) is 4.41. The maximum Gasteiger partial charge on any atom is 0.208 e. The van der Waals surface area contributed by atoms with Crippen molar-refractivity contribution in [1.29, 1.82) is 0 Å². The lowest BCUT2D eigenvalue weighted by Crippen LogP contribution is -2.27. The molecule has 0 saturated heterocycles. The average Bonchev–Trinajstić information content (AvgIpc) is 2.15. The van der Waals surface area contributed by atoms with Gasteiger partial charge in [0.15, 0.2) is 0 Å². The van der Waals surface area contributed by atoms with Gasteiger partial charge in [-0.2, -0.15) is 0 Å². The van der Waals surface area contributed by atoms with E-state index in [0.717, 1.165) is 17.0 Å². The van der Waals surface area contributed by atoms with Crippen molar-refractivity contribution < 1.29 is 0 Å². The molecule has 0 saturated carbocycles. The average molecular weight is 213 g/mol. The Labute approximate surface area is 87.9 Å². The Kier molecular flexibility index (Phi) is 4.07. The van der Waals surface area contributed by atoms with Crippen molar-refractivity contribution in [3.63, 3.8) is 0 Å². The van der Waals surface area contributed by atoms with Crippen LogP contribution in [0.2, 0.25) is 5.02 Å². The molecule has 1 rings (SSSR count). The van der Waals surface area contributed by atoms with Crippen LogP contribution in [0.25, 0.3) is 0 Å². The van der Waals surface area contributed by atoms with Crippen molar-refractivity contribution in [2.75, 3.05) is 6.54 Å². The highest BCUT2D eigenvalue weighted by Crippen LogP contribution is 2.14. The van der Waals surface area contributed by atoms with Gasteiger partial charge < -0.3 is 16.9 Å². The predicted molar refractivity (Wildman–Crippen MR) is 59.0 cm³/mol. The topological polar surface area (TPSA) is 76.4 Å². The second-order valence-corrected chi connectivity index (χ2v) is 3.19. The summed E-state index contributed by atoms with van der Waals surface area (Å²) in [4.78, 5) is 0. The molecular weight excluding hydrogens is 200 g/mol. The third-order valence-corrected chi connectivity index (χ3v) is 2.04. The number of guanidine groups is 1. The molecule has 0 heterocycles. The molecule has 0 radical (unpaired) electrons. The van der Waals surface area contributed by atoms with E-state index >= 15 is 0 Å². The summed E-state index contributed by atoms with van der Waals surface area (Å²) in [5.41, 5.74) is 14.1. The molecule has 0 aliphatic heterocycles. The van der Waals surface area contributed by atoms with E-state index in [1.54, 1.807) is 0 Å². The van der Waals surface area contributed by atoms with Crippen LogP contribution in [-0.2, 0) is 6.42 Å². The smallest absolute Gasteiger partial charge is 0.208 e. The van der Waals surface area contributed by atoms with Crippen molar-refractivity contribution in [3.05, 3.63) is 34.9 Å². The van der Waals surface area contributed by atoms with E-state index < -0.39 is 0 Å². The number of benzene rings is 1. The highest BCUT2D eigenvalue weighted by molar-refractivity contribution is 6.31. The van der Waals surface area contributed by atoms with Crippen molar-refractivity contribution in [3.8, 4) is 0 Å².